The molecule has 2 N–H and O–H groups in total. The van der Waals surface area contributed by atoms with Crippen molar-refractivity contribution in [3.63, 3.8) is 0 Å². The zero-order valence-corrected chi connectivity index (χ0v) is 11.8. The Balaban J connectivity index is 4.47. The largest absolute Gasteiger partial charge is 0.345 e. The minimum Gasteiger partial charge on any atom is -0.345 e. The molecule has 0 aromatic carbocycles. The molecule has 100 valence electrons. The Kier molecular flexibility index (Phi) is 7.04. The van der Waals surface area contributed by atoms with Crippen LogP contribution in [-0.2, 0) is 9.59 Å². The van der Waals surface area contributed by atoms with Crippen LogP contribution in [0.25, 0.3) is 0 Å². The molecule has 0 aromatic heterocycles. The molecule has 0 aliphatic carbocycles. The van der Waals surface area contributed by atoms with Gasteiger partial charge in [-0.2, -0.15) is 0 Å². The molecule has 0 rings (SSSR count). The summed E-state index contributed by atoms with van der Waals surface area (Å²) >= 11 is 0. The van der Waals surface area contributed by atoms with Crippen molar-refractivity contribution < 1.29 is 9.59 Å². The lowest BCUT2D eigenvalue weighted by Gasteiger charge is -2.25. The summed E-state index contributed by atoms with van der Waals surface area (Å²) in [4.78, 5) is 23.5. The Morgan fingerprint density at radius 1 is 1.06 bits per heavy atom. The van der Waals surface area contributed by atoms with Crippen molar-refractivity contribution in [2.24, 2.45) is 5.92 Å². The van der Waals surface area contributed by atoms with E-state index >= 15 is 0 Å². The second kappa shape index (κ2) is 7.43. The molecule has 0 saturated carbocycles. The van der Waals surface area contributed by atoms with Crippen molar-refractivity contribution in [2.75, 3.05) is 0 Å². The van der Waals surface area contributed by atoms with E-state index in [9.17, 15) is 9.59 Å². The van der Waals surface area contributed by atoms with Crippen LogP contribution in [0, 0.1) is 5.92 Å². The molecule has 17 heavy (non-hydrogen) atoms. The molecule has 1 amide bonds. The Morgan fingerprint density at radius 3 is 1.94 bits per heavy atom. The van der Waals surface area contributed by atoms with Gasteiger partial charge in [0.25, 0.3) is 0 Å². The Morgan fingerprint density at radius 2 is 1.59 bits per heavy atom. The molecular formula is C13H26N2O2. The van der Waals surface area contributed by atoms with E-state index in [4.69, 9.17) is 0 Å². The summed E-state index contributed by atoms with van der Waals surface area (Å²) in [5, 5.41) is 5.98. The van der Waals surface area contributed by atoms with Crippen LogP contribution < -0.4 is 10.6 Å². The zero-order valence-electron chi connectivity index (χ0n) is 11.8. The third-order valence-electron chi connectivity index (χ3n) is 2.65. The molecule has 2 unspecified atom stereocenters. The highest BCUT2D eigenvalue weighted by molar-refractivity contribution is 5.90. The zero-order chi connectivity index (χ0) is 13.6. The van der Waals surface area contributed by atoms with Crippen LogP contribution in [0.15, 0.2) is 0 Å². The SMILES string of the molecule is CCC(=O)C(C)NC(=O)C(NC(C)C)C(C)C. The predicted octanol–water partition coefficient (Wildman–Crippen LogP) is 1.49. The summed E-state index contributed by atoms with van der Waals surface area (Å²) in [5.41, 5.74) is 0. The lowest BCUT2D eigenvalue weighted by molar-refractivity contribution is -0.129. The number of Topliss-reactive ketones (excluding diaryl/α,β-unsaturated/α-hetero) is 1. The monoisotopic (exact) mass is 242 g/mol. The average molecular weight is 242 g/mol. The molecule has 0 aliphatic rings. The first-order chi connectivity index (χ1) is 7.79. The van der Waals surface area contributed by atoms with Crippen molar-refractivity contribution in [2.45, 2.75) is 66.1 Å². The highest BCUT2D eigenvalue weighted by Crippen LogP contribution is 2.04. The molecule has 0 bridgehead atoms. The van der Waals surface area contributed by atoms with Crippen LogP contribution in [0.4, 0.5) is 0 Å². The molecule has 0 aliphatic heterocycles. The quantitative estimate of drug-likeness (QED) is 0.711. The van der Waals surface area contributed by atoms with Crippen molar-refractivity contribution in [3.05, 3.63) is 0 Å². The van der Waals surface area contributed by atoms with Crippen LogP contribution in [0.2, 0.25) is 0 Å². The first kappa shape index (κ1) is 16.1. The van der Waals surface area contributed by atoms with Crippen molar-refractivity contribution >= 4 is 11.7 Å². The fourth-order valence-electron chi connectivity index (χ4n) is 1.62. The molecule has 4 nitrogen and oxygen atoms in total. The maximum Gasteiger partial charge on any atom is 0.237 e. The Labute approximate surface area is 105 Å². The summed E-state index contributed by atoms with van der Waals surface area (Å²) in [6.45, 7) is 11.5. The number of carbonyl (C=O) groups excluding carboxylic acids is 2. The molecule has 0 saturated heterocycles. The lowest BCUT2D eigenvalue weighted by Crippen LogP contribution is -2.53. The summed E-state index contributed by atoms with van der Waals surface area (Å²) in [5.74, 6) is 0.162. The van der Waals surface area contributed by atoms with E-state index < -0.39 is 6.04 Å². The van der Waals surface area contributed by atoms with Crippen molar-refractivity contribution in [1.82, 2.24) is 10.6 Å². The smallest absolute Gasteiger partial charge is 0.237 e. The summed E-state index contributed by atoms with van der Waals surface area (Å²) in [6.07, 6.45) is 0.450. The van der Waals surface area contributed by atoms with Gasteiger partial charge in [0.15, 0.2) is 5.78 Å². The van der Waals surface area contributed by atoms with Gasteiger partial charge in [0, 0.05) is 12.5 Å². The maximum absolute atomic E-state index is 12.0. The lowest BCUT2D eigenvalue weighted by atomic mass is 10.0. The van der Waals surface area contributed by atoms with Gasteiger partial charge in [0.2, 0.25) is 5.91 Å². The summed E-state index contributed by atoms with van der Waals surface area (Å²) in [7, 11) is 0. The van der Waals surface area contributed by atoms with Gasteiger partial charge in [-0.15, -0.1) is 0 Å². The minimum absolute atomic E-state index is 0.0606. The third-order valence-corrected chi connectivity index (χ3v) is 2.65. The number of nitrogens with one attached hydrogen (secondary N) is 2. The molecule has 2 atom stereocenters. The van der Waals surface area contributed by atoms with Gasteiger partial charge in [-0.3, -0.25) is 9.59 Å². The van der Waals surface area contributed by atoms with E-state index in [1.165, 1.54) is 0 Å². The van der Waals surface area contributed by atoms with Gasteiger partial charge in [-0.25, -0.2) is 0 Å². The van der Waals surface area contributed by atoms with Crippen LogP contribution in [0.5, 0.6) is 0 Å². The molecular weight excluding hydrogens is 216 g/mol. The fourth-order valence-corrected chi connectivity index (χ4v) is 1.62. The summed E-state index contributed by atoms with van der Waals surface area (Å²) in [6, 6.07) is -0.407. The second-order valence-electron chi connectivity index (χ2n) is 5.09. The molecule has 0 radical (unpaired) electrons. The van der Waals surface area contributed by atoms with Crippen LogP contribution in [0.3, 0.4) is 0 Å². The molecule has 0 fully saturated rings. The van der Waals surface area contributed by atoms with Crippen LogP contribution in [-0.4, -0.2) is 29.8 Å². The minimum atomic E-state index is -0.400. The topological polar surface area (TPSA) is 58.2 Å². The van der Waals surface area contributed by atoms with E-state index in [2.05, 4.69) is 10.6 Å². The average Bonchev–Trinajstić information content (AvgIpc) is 2.23. The first-order valence-corrected chi connectivity index (χ1v) is 6.38. The second-order valence-corrected chi connectivity index (χ2v) is 5.09. The predicted molar refractivity (Wildman–Crippen MR) is 69.8 cm³/mol. The van der Waals surface area contributed by atoms with Gasteiger partial charge < -0.3 is 10.6 Å². The van der Waals surface area contributed by atoms with Crippen molar-refractivity contribution in [1.29, 1.82) is 0 Å². The molecule has 4 heteroatoms. The van der Waals surface area contributed by atoms with Crippen molar-refractivity contribution in [3.8, 4) is 0 Å². The molecule has 0 spiro atoms. The Hall–Kier alpha value is -0.900. The Bertz CT molecular complexity index is 262. The van der Waals surface area contributed by atoms with Crippen LogP contribution >= 0.6 is 0 Å². The standard InChI is InChI=1S/C13H26N2O2/c1-7-11(16)10(6)15-13(17)12(8(2)3)14-9(4)5/h8-10,12,14H,7H2,1-6H3,(H,15,17). The number of carbonyl (C=O) groups is 2. The number of rotatable bonds is 7. The van der Waals surface area contributed by atoms with E-state index in [-0.39, 0.29) is 29.7 Å². The number of hydrogen-bond acceptors (Lipinski definition) is 3. The normalized spacial score (nSPS) is 14.8. The first-order valence-electron chi connectivity index (χ1n) is 6.38. The summed E-state index contributed by atoms with van der Waals surface area (Å²) < 4.78 is 0. The molecule has 0 aromatic rings. The van der Waals surface area contributed by atoms with E-state index in [0.29, 0.717) is 6.42 Å². The number of hydrogen-bond donors (Lipinski definition) is 2. The highest BCUT2D eigenvalue weighted by Gasteiger charge is 2.24. The van der Waals surface area contributed by atoms with E-state index in [0.717, 1.165) is 0 Å². The maximum atomic E-state index is 12.0. The van der Waals surface area contributed by atoms with Gasteiger partial charge in [-0.1, -0.05) is 34.6 Å². The number of ketones is 1. The fraction of sp³-hybridized carbons (Fsp3) is 0.846. The van der Waals surface area contributed by atoms with Crippen LogP contribution in [0.1, 0.15) is 48.0 Å². The van der Waals surface area contributed by atoms with E-state index in [1.807, 2.05) is 27.7 Å². The number of amides is 1. The van der Waals surface area contributed by atoms with E-state index in [1.54, 1.807) is 13.8 Å². The van der Waals surface area contributed by atoms with Gasteiger partial charge in [0.1, 0.15) is 0 Å². The highest BCUT2D eigenvalue weighted by atomic mass is 16.2. The van der Waals surface area contributed by atoms with Gasteiger partial charge in [0.05, 0.1) is 12.1 Å². The van der Waals surface area contributed by atoms with Gasteiger partial charge in [-0.05, 0) is 12.8 Å². The third kappa shape index (κ3) is 5.82. The molecule has 0 heterocycles. The van der Waals surface area contributed by atoms with Gasteiger partial charge >= 0.3 is 0 Å².